The third-order valence-corrected chi connectivity index (χ3v) is 5.69. The SMILES string of the molecule is Oc1ccc(C(=Cc2cscn2)N/N=C(\Cc2cscn2)c2ccc(O)cc2O)c(O)c1. The number of hydrogen-bond donors (Lipinski definition) is 5. The molecule has 2 heterocycles. The van der Waals surface area contributed by atoms with Gasteiger partial charge in [0, 0.05) is 40.4 Å². The average Bonchev–Trinajstić information content (AvgIpc) is 3.45. The van der Waals surface area contributed by atoms with Crippen molar-refractivity contribution in [3.05, 3.63) is 80.7 Å². The molecule has 0 aliphatic carbocycles. The van der Waals surface area contributed by atoms with Gasteiger partial charge in [0.15, 0.2) is 0 Å². The minimum Gasteiger partial charge on any atom is -0.508 e. The van der Waals surface area contributed by atoms with Crippen molar-refractivity contribution in [1.82, 2.24) is 15.4 Å². The first-order chi connectivity index (χ1) is 15.5. The highest BCUT2D eigenvalue weighted by Gasteiger charge is 2.14. The Hall–Kier alpha value is -3.89. The van der Waals surface area contributed by atoms with Gasteiger partial charge >= 0.3 is 0 Å². The van der Waals surface area contributed by atoms with E-state index in [1.165, 1.54) is 46.9 Å². The van der Waals surface area contributed by atoms with Crippen molar-refractivity contribution in [1.29, 1.82) is 0 Å². The second-order valence-electron chi connectivity index (χ2n) is 6.70. The Kier molecular flexibility index (Phi) is 6.34. The number of hydrazone groups is 1. The summed E-state index contributed by atoms with van der Waals surface area (Å²) in [5, 5.41) is 48.3. The number of phenolic OH excluding ortho intramolecular Hbond substituents is 4. The van der Waals surface area contributed by atoms with Gasteiger partial charge in [-0.1, -0.05) is 0 Å². The molecular formula is C22H18N4O4S2. The van der Waals surface area contributed by atoms with E-state index in [-0.39, 0.29) is 23.0 Å². The highest BCUT2D eigenvalue weighted by atomic mass is 32.1. The zero-order chi connectivity index (χ0) is 22.5. The Morgan fingerprint density at radius 2 is 1.53 bits per heavy atom. The van der Waals surface area contributed by atoms with Gasteiger partial charge in [0.25, 0.3) is 0 Å². The summed E-state index contributed by atoms with van der Waals surface area (Å²) in [4.78, 5) is 8.53. The van der Waals surface area contributed by atoms with Crippen LogP contribution in [0.15, 0.2) is 63.3 Å². The molecule has 10 heteroatoms. The number of aromatic nitrogens is 2. The normalized spacial score (nSPS) is 12.1. The van der Waals surface area contributed by atoms with E-state index >= 15 is 0 Å². The third-order valence-electron chi connectivity index (χ3n) is 4.45. The summed E-state index contributed by atoms with van der Waals surface area (Å²) in [5.41, 5.74) is 9.51. The second kappa shape index (κ2) is 9.50. The molecule has 0 saturated heterocycles. The van der Waals surface area contributed by atoms with Crippen LogP contribution in [0.25, 0.3) is 11.8 Å². The van der Waals surface area contributed by atoms with Crippen molar-refractivity contribution in [3.63, 3.8) is 0 Å². The van der Waals surface area contributed by atoms with E-state index in [1.54, 1.807) is 29.2 Å². The first-order valence-corrected chi connectivity index (χ1v) is 11.2. The molecule has 0 fully saturated rings. The zero-order valence-electron chi connectivity index (χ0n) is 16.5. The molecule has 8 nitrogen and oxygen atoms in total. The van der Waals surface area contributed by atoms with Crippen molar-refractivity contribution in [2.75, 3.05) is 0 Å². The monoisotopic (exact) mass is 466 g/mol. The molecule has 2 aromatic heterocycles. The number of phenols is 4. The van der Waals surface area contributed by atoms with Gasteiger partial charge in [0.2, 0.25) is 0 Å². The van der Waals surface area contributed by atoms with Gasteiger partial charge in [-0.3, -0.25) is 5.43 Å². The Balaban J connectivity index is 1.76. The topological polar surface area (TPSA) is 131 Å². The van der Waals surface area contributed by atoms with Gasteiger partial charge in [-0.25, -0.2) is 9.97 Å². The number of nitrogens with zero attached hydrogens (tertiary/aromatic N) is 3. The number of hydrogen-bond acceptors (Lipinski definition) is 10. The fraction of sp³-hybridized carbons (Fsp3) is 0.0455. The Morgan fingerprint density at radius 1 is 0.875 bits per heavy atom. The number of benzene rings is 2. The summed E-state index contributed by atoms with van der Waals surface area (Å²) in [6, 6.07) is 8.52. The first kappa shape index (κ1) is 21.3. The Morgan fingerprint density at radius 3 is 2.12 bits per heavy atom. The lowest BCUT2D eigenvalue weighted by molar-refractivity contribution is 0.448. The predicted molar refractivity (Wildman–Crippen MR) is 125 cm³/mol. The van der Waals surface area contributed by atoms with Crippen molar-refractivity contribution in [2.45, 2.75) is 6.42 Å². The van der Waals surface area contributed by atoms with E-state index in [2.05, 4.69) is 20.5 Å². The standard InChI is InChI=1S/C22H18N4O4S2/c27-15-1-3-17(21(29)7-15)19(5-13-9-31-11-23-13)25-26-20(6-14-10-32-12-24-14)18-4-2-16(28)8-22(18)30/h1-5,7-12,25,27-30H,6H2/b19-5?,26-20+. The van der Waals surface area contributed by atoms with E-state index in [0.29, 0.717) is 34.7 Å². The maximum absolute atomic E-state index is 10.4. The van der Waals surface area contributed by atoms with Crippen molar-refractivity contribution >= 4 is 40.2 Å². The number of thiazole rings is 2. The number of nitrogens with one attached hydrogen (secondary N) is 1. The predicted octanol–water partition coefficient (Wildman–Crippen LogP) is 4.16. The molecule has 32 heavy (non-hydrogen) atoms. The maximum Gasteiger partial charge on any atom is 0.128 e. The number of rotatable bonds is 7. The van der Waals surface area contributed by atoms with E-state index in [0.717, 1.165) is 5.69 Å². The lowest BCUT2D eigenvalue weighted by Gasteiger charge is -2.13. The Labute approximate surface area is 191 Å². The van der Waals surface area contributed by atoms with Crippen LogP contribution in [0.2, 0.25) is 0 Å². The van der Waals surface area contributed by atoms with E-state index in [4.69, 9.17) is 0 Å². The van der Waals surface area contributed by atoms with Crippen LogP contribution in [0.5, 0.6) is 23.0 Å². The molecule has 0 aliphatic heterocycles. The van der Waals surface area contributed by atoms with Gasteiger partial charge in [0.1, 0.15) is 23.0 Å². The van der Waals surface area contributed by atoms with Crippen LogP contribution in [-0.4, -0.2) is 36.1 Å². The van der Waals surface area contributed by atoms with Gasteiger partial charge in [-0.2, -0.15) is 5.10 Å². The average molecular weight is 467 g/mol. The van der Waals surface area contributed by atoms with Crippen LogP contribution in [0.3, 0.4) is 0 Å². The molecule has 0 saturated carbocycles. The van der Waals surface area contributed by atoms with Crippen molar-refractivity contribution < 1.29 is 20.4 Å². The highest BCUT2D eigenvalue weighted by Crippen LogP contribution is 2.29. The molecule has 4 rings (SSSR count). The molecule has 0 spiro atoms. The van der Waals surface area contributed by atoms with Gasteiger partial charge in [-0.05, 0) is 30.3 Å². The van der Waals surface area contributed by atoms with E-state index < -0.39 is 0 Å². The molecule has 0 unspecified atom stereocenters. The molecule has 2 aromatic carbocycles. The van der Waals surface area contributed by atoms with Gasteiger partial charge in [-0.15, -0.1) is 22.7 Å². The van der Waals surface area contributed by atoms with Crippen LogP contribution >= 0.6 is 22.7 Å². The molecule has 0 bridgehead atoms. The smallest absolute Gasteiger partial charge is 0.128 e. The van der Waals surface area contributed by atoms with E-state index in [1.807, 2.05) is 10.8 Å². The summed E-state index contributed by atoms with van der Waals surface area (Å²) in [7, 11) is 0. The Bertz CT molecular complexity index is 1270. The van der Waals surface area contributed by atoms with Gasteiger partial charge < -0.3 is 20.4 Å². The summed E-state index contributed by atoms with van der Waals surface area (Å²) in [6.07, 6.45) is 2.03. The number of aromatic hydroxyl groups is 4. The third kappa shape index (κ3) is 5.05. The maximum atomic E-state index is 10.4. The molecule has 162 valence electrons. The minimum atomic E-state index is -0.136. The van der Waals surface area contributed by atoms with Crippen LogP contribution in [0, 0.1) is 0 Å². The molecule has 0 atom stereocenters. The van der Waals surface area contributed by atoms with Crippen molar-refractivity contribution in [2.24, 2.45) is 5.10 Å². The van der Waals surface area contributed by atoms with Crippen molar-refractivity contribution in [3.8, 4) is 23.0 Å². The summed E-state index contributed by atoms with van der Waals surface area (Å²) >= 11 is 2.87. The van der Waals surface area contributed by atoms with Gasteiger partial charge in [0.05, 0.1) is 33.8 Å². The van der Waals surface area contributed by atoms with E-state index in [9.17, 15) is 20.4 Å². The van der Waals surface area contributed by atoms with Crippen LogP contribution < -0.4 is 5.43 Å². The quantitative estimate of drug-likeness (QED) is 0.204. The largest absolute Gasteiger partial charge is 0.508 e. The first-order valence-electron chi connectivity index (χ1n) is 9.34. The fourth-order valence-electron chi connectivity index (χ4n) is 2.94. The van der Waals surface area contributed by atoms with Crippen LogP contribution in [0.4, 0.5) is 0 Å². The summed E-state index contributed by atoms with van der Waals surface area (Å²) < 4.78 is 0. The van der Waals surface area contributed by atoms with Crippen LogP contribution in [-0.2, 0) is 6.42 Å². The summed E-state index contributed by atoms with van der Waals surface area (Å²) in [5.74, 6) is -0.396. The second-order valence-corrected chi connectivity index (χ2v) is 8.14. The molecule has 0 aliphatic rings. The zero-order valence-corrected chi connectivity index (χ0v) is 18.1. The summed E-state index contributed by atoms with van der Waals surface area (Å²) in [6.45, 7) is 0. The lowest BCUT2D eigenvalue weighted by atomic mass is 10.0. The molecule has 4 aromatic rings. The van der Waals surface area contributed by atoms with Crippen LogP contribution in [0.1, 0.15) is 22.5 Å². The molecule has 0 amide bonds. The highest BCUT2D eigenvalue weighted by molar-refractivity contribution is 7.07. The molecule has 5 N–H and O–H groups in total. The lowest BCUT2D eigenvalue weighted by Crippen LogP contribution is -2.14. The molecule has 0 radical (unpaired) electrons. The fourth-order valence-corrected chi connectivity index (χ4v) is 4.01. The molecular weight excluding hydrogens is 448 g/mol. The minimum absolute atomic E-state index is 0.0645.